The Morgan fingerprint density at radius 1 is 1.04 bits per heavy atom. The van der Waals surface area contributed by atoms with E-state index in [1.807, 2.05) is 39.0 Å². The van der Waals surface area contributed by atoms with Crippen molar-refractivity contribution in [3.05, 3.63) is 64.2 Å². The maximum absolute atomic E-state index is 12.1. The zero-order chi connectivity index (χ0) is 17.7. The molecule has 0 aliphatic carbocycles. The molecule has 0 spiro atoms. The van der Waals surface area contributed by atoms with E-state index in [2.05, 4.69) is 10.6 Å². The van der Waals surface area contributed by atoms with Crippen molar-refractivity contribution in [1.29, 1.82) is 5.26 Å². The van der Waals surface area contributed by atoms with Crippen molar-refractivity contribution < 1.29 is 9.59 Å². The predicted octanol–water partition coefficient (Wildman–Crippen LogP) is 2.85. The average molecular weight is 321 g/mol. The van der Waals surface area contributed by atoms with Gasteiger partial charge in [0.05, 0.1) is 18.2 Å². The minimum atomic E-state index is -0.355. The number of hydrogen-bond acceptors (Lipinski definition) is 3. The number of carbonyl (C=O) groups is 2. The van der Waals surface area contributed by atoms with Gasteiger partial charge in [0, 0.05) is 11.3 Å². The number of amides is 2. The van der Waals surface area contributed by atoms with E-state index in [1.165, 1.54) is 0 Å². The van der Waals surface area contributed by atoms with Gasteiger partial charge in [-0.1, -0.05) is 17.7 Å². The minimum Gasteiger partial charge on any atom is -0.343 e. The van der Waals surface area contributed by atoms with Crippen molar-refractivity contribution in [2.45, 2.75) is 20.8 Å². The third kappa shape index (κ3) is 4.20. The number of carbonyl (C=O) groups excluding carboxylic acids is 2. The van der Waals surface area contributed by atoms with Gasteiger partial charge in [0.2, 0.25) is 5.91 Å². The Balaban J connectivity index is 1.96. The Morgan fingerprint density at radius 3 is 2.17 bits per heavy atom. The first-order valence-electron chi connectivity index (χ1n) is 7.57. The zero-order valence-corrected chi connectivity index (χ0v) is 13.9. The van der Waals surface area contributed by atoms with Crippen LogP contribution in [0.3, 0.4) is 0 Å². The lowest BCUT2D eigenvalue weighted by Crippen LogP contribution is -2.33. The second-order valence-corrected chi connectivity index (χ2v) is 5.69. The Kier molecular flexibility index (Phi) is 5.33. The lowest BCUT2D eigenvalue weighted by Gasteiger charge is -2.13. The van der Waals surface area contributed by atoms with Crippen molar-refractivity contribution in [3.8, 4) is 6.07 Å². The number of benzene rings is 2. The lowest BCUT2D eigenvalue weighted by molar-refractivity contribution is -0.115. The summed E-state index contributed by atoms with van der Waals surface area (Å²) in [5, 5.41) is 14.1. The van der Waals surface area contributed by atoms with Crippen LogP contribution in [-0.4, -0.2) is 18.4 Å². The summed E-state index contributed by atoms with van der Waals surface area (Å²) >= 11 is 0. The summed E-state index contributed by atoms with van der Waals surface area (Å²) in [5.74, 6) is -0.640. The topological polar surface area (TPSA) is 82.0 Å². The largest absolute Gasteiger partial charge is 0.343 e. The molecule has 24 heavy (non-hydrogen) atoms. The molecule has 0 aliphatic heterocycles. The molecule has 0 aliphatic rings. The molecule has 0 radical (unpaired) electrons. The summed E-state index contributed by atoms with van der Waals surface area (Å²) < 4.78 is 0. The summed E-state index contributed by atoms with van der Waals surface area (Å²) in [7, 11) is 0. The van der Waals surface area contributed by atoms with Crippen LogP contribution >= 0.6 is 0 Å². The predicted molar refractivity (Wildman–Crippen MR) is 92.8 cm³/mol. The highest BCUT2D eigenvalue weighted by Gasteiger charge is 2.11. The van der Waals surface area contributed by atoms with Crippen LogP contribution in [0.4, 0.5) is 5.69 Å². The molecule has 0 atom stereocenters. The van der Waals surface area contributed by atoms with Gasteiger partial charge >= 0.3 is 0 Å². The smallest absolute Gasteiger partial charge is 0.251 e. The van der Waals surface area contributed by atoms with Gasteiger partial charge in [-0.2, -0.15) is 5.26 Å². The molecule has 0 saturated heterocycles. The molecule has 0 unspecified atom stereocenters. The van der Waals surface area contributed by atoms with Crippen LogP contribution < -0.4 is 10.6 Å². The highest BCUT2D eigenvalue weighted by Crippen LogP contribution is 2.21. The summed E-state index contributed by atoms with van der Waals surface area (Å²) in [6, 6.07) is 12.2. The number of nitriles is 1. The molecule has 0 fully saturated rings. The van der Waals surface area contributed by atoms with Gasteiger partial charge < -0.3 is 10.6 Å². The first-order chi connectivity index (χ1) is 11.4. The number of nitrogens with one attached hydrogen (secondary N) is 2. The van der Waals surface area contributed by atoms with Crippen molar-refractivity contribution in [3.63, 3.8) is 0 Å². The molecule has 0 aromatic heterocycles. The monoisotopic (exact) mass is 321 g/mol. The van der Waals surface area contributed by atoms with Crippen LogP contribution in [-0.2, 0) is 4.79 Å². The van der Waals surface area contributed by atoms with Crippen LogP contribution in [0.25, 0.3) is 0 Å². The van der Waals surface area contributed by atoms with Gasteiger partial charge in [-0.3, -0.25) is 9.59 Å². The lowest BCUT2D eigenvalue weighted by atomic mass is 10.1. The highest BCUT2D eigenvalue weighted by molar-refractivity contribution is 5.99. The van der Waals surface area contributed by atoms with E-state index in [0.29, 0.717) is 11.1 Å². The van der Waals surface area contributed by atoms with Crippen LogP contribution in [0.1, 0.15) is 32.6 Å². The molecule has 2 aromatic carbocycles. The van der Waals surface area contributed by atoms with Crippen LogP contribution in [0.5, 0.6) is 0 Å². The SMILES string of the molecule is Cc1cc(C)c(NC(=O)CNC(=O)c2ccc(C#N)cc2)c(C)c1. The van der Waals surface area contributed by atoms with E-state index in [0.717, 1.165) is 22.4 Å². The van der Waals surface area contributed by atoms with E-state index >= 15 is 0 Å². The second-order valence-electron chi connectivity index (χ2n) is 5.69. The summed E-state index contributed by atoms with van der Waals surface area (Å²) in [6.45, 7) is 5.75. The molecule has 2 N–H and O–H groups in total. The summed E-state index contributed by atoms with van der Waals surface area (Å²) in [4.78, 5) is 24.1. The number of hydrogen-bond donors (Lipinski definition) is 2. The first-order valence-corrected chi connectivity index (χ1v) is 7.57. The van der Waals surface area contributed by atoms with Gasteiger partial charge in [0.15, 0.2) is 0 Å². The quantitative estimate of drug-likeness (QED) is 0.908. The zero-order valence-electron chi connectivity index (χ0n) is 13.9. The second kappa shape index (κ2) is 7.42. The number of aryl methyl sites for hydroxylation is 3. The van der Waals surface area contributed by atoms with E-state index in [-0.39, 0.29) is 18.4 Å². The van der Waals surface area contributed by atoms with E-state index < -0.39 is 0 Å². The number of anilines is 1. The van der Waals surface area contributed by atoms with Gasteiger partial charge in [0.25, 0.3) is 5.91 Å². The molecule has 2 amide bonds. The first kappa shape index (κ1) is 17.2. The van der Waals surface area contributed by atoms with Crippen LogP contribution in [0.2, 0.25) is 0 Å². The van der Waals surface area contributed by atoms with E-state index in [4.69, 9.17) is 5.26 Å². The highest BCUT2D eigenvalue weighted by atomic mass is 16.2. The standard InChI is InChI=1S/C19H19N3O2/c1-12-8-13(2)18(14(3)9-12)22-17(23)11-21-19(24)16-6-4-15(10-20)5-7-16/h4-9H,11H2,1-3H3,(H,21,24)(H,22,23). The molecular formula is C19H19N3O2. The van der Waals surface area contributed by atoms with Gasteiger partial charge in [0.1, 0.15) is 0 Å². The molecule has 2 aromatic rings. The molecule has 122 valence electrons. The third-order valence-corrected chi connectivity index (χ3v) is 3.63. The fourth-order valence-corrected chi connectivity index (χ4v) is 2.52. The van der Waals surface area contributed by atoms with Crippen molar-refractivity contribution in [2.24, 2.45) is 0 Å². The van der Waals surface area contributed by atoms with Gasteiger partial charge in [-0.25, -0.2) is 0 Å². The molecule has 0 heterocycles. The summed E-state index contributed by atoms with van der Waals surface area (Å²) in [6.07, 6.45) is 0. The Hall–Kier alpha value is -3.13. The molecule has 0 saturated carbocycles. The van der Waals surface area contributed by atoms with Crippen molar-refractivity contribution in [2.75, 3.05) is 11.9 Å². The maximum Gasteiger partial charge on any atom is 0.251 e. The molecule has 0 bridgehead atoms. The normalized spacial score (nSPS) is 9.92. The molecule has 5 nitrogen and oxygen atoms in total. The Bertz CT molecular complexity index is 794. The van der Waals surface area contributed by atoms with Crippen molar-refractivity contribution >= 4 is 17.5 Å². The van der Waals surface area contributed by atoms with Crippen molar-refractivity contribution in [1.82, 2.24) is 5.32 Å². The van der Waals surface area contributed by atoms with Gasteiger partial charge in [-0.15, -0.1) is 0 Å². The Morgan fingerprint density at radius 2 is 1.62 bits per heavy atom. The number of nitrogens with zero attached hydrogens (tertiary/aromatic N) is 1. The Labute approximate surface area is 141 Å². The molecular weight excluding hydrogens is 302 g/mol. The maximum atomic E-state index is 12.1. The van der Waals surface area contributed by atoms with E-state index in [9.17, 15) is 9.59 Å². The fourth-order valence-electron chi connectivity index (χ4n) is 2.52. The number of rotatable bonds is 4. The molecule has 5 heteroatoms. The van der Waals surface area contributed by atoms with E-state index in [1.54, 1.807) is 24.3 Å². The minimum absolute atomic E-state index is 0.119. The summed E-state index contributed by atoms with van der Waals surface area (Å²) in [5.41, 5.74) is 4.77. The molecule has 2 rings (SSSR count). The fraction of sp³-hybridized carbons (Fsp3) is 0.211. The average Bonchev–Trinajstić information content (AvgIpc) is 2.56. The van der Waals surface area contributed by atoms with Crippen LogP contribution in [0.15, 0.2) is 36.4 Å². The van der Waals surface area contributed by atoms with Gasteiger partial charge in [-0.05, 0) is 56.2 Å². The van der Waals surface area contributed by atoms with Crippen LogP contribution in [0, 0.1) is 32.1 Å². The third-order valence-electron chi connectivity index (χ3n) is 3.63.